The summed E-state index contributed by atoms with van der Waals surface area (Å²) < 4.78 is 113. The highest BCUT2D eigenvalue weighted by Gasteiger charge is 2.56. The van der Waals surface area contributed by atoms with Gasteiger partial charge in [0.2, 0.25) is 5.79 Å². The number of anilines is 1. The van der Waals surface area contributed by atoms with E-state index in [2.05, 4.69) is 24.8 Å². The molecule has 2 aromatic heterocycles. The van der Waals surface area contributed by atoms with Crippen LogP contribution in [0.25, 0.3) is 11.2 Å². The number of imidazole rings is 1. The van der Waals surface area contributed by atoms with E-state index in [1.54, 1.807) is 0 Å². The zero-order valence-electron chi connectivity index (χ0n) is 21.0. The molecular formula is C20H21F6N5O10P2. The summed E-state index contributed by atoms with van der Waals surface area (Å²) in [4.78, 5) is 39.2. The molecule has 1 aliphatic heterocycles. The predicted octanol–water partition coefficient (Wildman–Crippen LogP) is 1.75. The molecule has 23 heteroatoms. The van der Waals surface area contributed by atoms with E-state index >= 15 is 0 Å². The van der Waals surface area contributed by atoms with Gasteiger partial charge in [-0.2, -0.15) is 26.3 Å². The van der Waals surface area contributed by atoms with Crippen molar-refractivity contribution < 1.29 is 74.7 Å². The molecule has 0 amide bonds. The van der Waals surface area contributed by atoms with Crippen LogP contribution < -0.4 is 5.32 Å². The van der Waals surface area contributed by atoms with Crippen LogP contribution in [0.1, 0.15) is 22.9 Å². The fourth-order valence-electron chi connectivity index (χ4n) is 4.06. The maximum Gasteiger partial charge on any atom is 0.416 e. The van der Waals surface area contributed by atoms with Gasteiger partial charge in [0.25, 0.3) is 0 Å². The van der Waals surface area contributed by atoms with Gasteiger partial charge in [0, 0.05) is 6.54 Å². The molecule has 1 aromatic carbocycles. The van der Waals surface area contributed by atoms with E-state index in [1.807, 2.05) is 0 Å². The molecule has 15 nitrogen and oxygen atoms in total. The van der Waals surface area contributed by atoms with Crippen molar-refractivity contribution in [3.8, 4) is 0 Å². The molecule has 238 valence electrons. The molecule has 4 rings (SSSR count). The van der Waals surface area contributed by atoms with Crippen LogP contribution in [-0.2, 0) is 37.3 Å². The number of aliphatic hydroxyl groups excluding tert-OH is 1. The smallest absolute Gasteiger partial charge is 0.383 e. The second-order valence-electron chi connectivity index (χ2n) is 9.30. The summed E-state index contributed by atoms with van der Waals surface area (Å²) in [5, 5.41) is 33.8. The van der Waals surface area contributed by atoms with Crippen molar-refractivity contribution in [2.24, 2.45) is 0 Å². The van der Waals surface area contributed by atoms with E-state index in [-0.39, 0.29) is 23.0 Å². The van der Waals surface area contributed by atoms with Gasteiger partial charge in [-0.3, -0.25) is 13.7 Å². The van der Waals surface area contributed by atoms with Gasteiger partial charge in [-0.25, -0.2) is 15.0 Å². The quantitative estimate of drug-likeness (QED) is 0.0980. The molecule has 1 saturated heterocycles. The maximum absolute atomic E-state index is 13.2. The van der Waals surface area contributed by atoms with Gasteiger partial charge in [-0.05, 0) is 23.8 Å². The number of hydrogen-bond donors (Lipinski definition) is 7. The molecule has 0 aliphatic carbocycles. The molecule has 4 atom stereocenters. The van der Waals surface area contributed by atoms with Crippen molar-refractivity contribution >= 4 is 32.2 Å². The van der Waals surface area contributed by atoms with E-state index in [0.29, 0.717) is 12.1 Å². The summed E-state index contributed by atoms with van der Waals surface area (Å²) in [5.41, 5.74) is -3.77. The summed E-state index contributed by atoms with van der Waals surface area (Å²) in [6, 6.07) is 0.993. The summed E-state index contributed by atoms with van der Waals surface area (Å²) in [6.45, 7) is -1.71. The molecule has 0 radical (unpaired) electrons. The number of halogens is 6. The average Bonchev–Trinajstić information content (AvgIpc) is 3.37. The van der Waals surface area contributed by atoms with Gasteiger partial charge in [0.1, 0.15) is 12.4 Å². The monoisotopic (exact) mass is 667 g/mol. The Balaban J connectivity index is 1.56. The minimum atomic E-state index is -5.07. The lowest BCUT2D eigenvalue weighted by Gasteiger charge is -2.25. The van der Waals surface area contributed by atoms with E-state index in [9.17, 15) is 55.7 Å². The van der Waals surface area contributed by atoms with Crippen molar-refractivity contribution in [2.45, 2.75) is 43.1 Å². The van der Waals surface area contributed by atoms with Gasteiger partial charge >= 0.3 is 27.5 Å². The van der Waals surface area contributed by atoms with Crippen molar-refractivity contribution in [2.75, 3.05) is 17.8 Å². The number of aliphatic hydroxyl groups is 3. The van der Waals surface area contributed by atoms with Crippen LogP contribution in [-0.4, -0.2) is 80.0 Å². The van der Waals surface area contributed by atoms with Crippen molar-refractivity contribution in [1.29, 1.82) is 0 Å². The second kappa shape index (κ2) is 11.3. The summed E-state index contributed by atoms with van der Waals surface area (Å²) in [6.07, 6.45) is -14.1. The van der Waals surface area contributed by atoms with Crippen molar-refractivity contribution in [3.63, 3.8) is 0 Å². The third-order valence-electron chi connectivity index (χ3n) is 6.01. The van der Waals surface area contributed by atoms with Gasteiger partial charge in [0.05, 0.1) is 24.1 Å². The Morgan fingerprint density at radius 1 is 1.00 bits per heavy atom. The Hall–Kier alpha value is -2.71. The Morgan fingerprint density at radius 2 is 1.60 bits per heavy atom. The fourth-order valence-corrected chi connectivity index (χ4v) is 6.61. The lowest BCUT2D eigenvalue weighted by Crippen LogP contribution is -2.49. The molecule has 1 unspecified atom stereocenters. The SMILES string of the molecule is O=P(O)(O)CP(=O)(O)OC[C@H]1O[C@@H](n2cnc3c(NCc4cc(C(F)(F)F)cc(C(F)(F)F)c4)ncnc32)[C@H](O)C1(O)O. The van der Waals surface area contributed by atoms with E-state index < -0.39 is 87.5 Å². The maximum atomic E-state index is 13.2. The first-order valence-electron chi connectivity index (χ1n) is 11.6. The first kappa shape index (κ1) is 33.2. The molecule has 7 N–H and O–H groups in total. The first-order valence-corrected chi connectivity index (χ1v) is 15.1. The van der Waals surface area contributed by atoms with E-state index in [1.165, 1.54) is 0 Å². The normalized spacial score (nSPS) is 22.6. The van der Waals surface area contributed by atoms with Gasteiger partial charge in [0.15, 0.2) is 35.2 Å². The molecule has 3 aromatic rings. The van der Waals surface area contributed by atoms with Crippen LogP contribution in [0.3, 0.4) is 0 Å². The third kappa shape index (κ3) is 7.51. The van der Waals surface area contributed by atoms with Crippen LogP contribution in [0, 0.1) is 0 Å². The average molecular weight is 667 g/mol. The summed E-state index contributed by atoms with van der Waals surface area (Å²) in [7, 11) is -9.95. The van der Waals surface area contributed by atoms with Gasteiger partial charge in [-0.15, -0.1) is 0 Å². The number of nitrogens with one attached hydrogen (secondary N) is 1. The Morgan fingerprint density at radius 3 is 2.16 bits per heavy atom. The summed E-state index contributed by atoms with van der Waals surface area (Å²) >= 11 is 0. The van der Waals surface area contributed by atoms with Crippen molar-refractivity contribution in [1.82, 2.24) is 19.5 Å². The number of nitrogens with zero attached hydrogens (tertiary/aromatic N) is 4. The van der Waals surface area contributed by atoms with Gasteiger partial charge < -0.3 is 44.6 Å². The molecule has 1 aliphatic rings. The number of ether oxygens (including phenoxy) is 1. The number of hydrogen-bond acceptors (Lipinski definition) is 11. The number of rotatable bonds is 9. The van der Waals surface area contributed by atoms with Crippen molar-refractivity contribution in [3.05, 3.63) is 47.5 Å². The molecule has 0 spiro atoms. The van der Waals surface area contributed by atoms with E-state index in [4.69, 9.17) is 14.5 Å². The fraction of sp³-hybridized carbons (Fsp3) is 0.450. The number of aromatic nitrogens is 4. The van der Waals surface area contributed by atoms with Crippen LogP contribution in [0.5, 0.6) is 0 Å². The van der Waals surface area contributed by atoms with Crippen LogP contribution in [0.2, 0.25) is 0 Å². The standard InChI is InChI=1S/C20H21F6N5O10P2/c21-19(22,23)10-1-9(2-11(3-10)20(24,25)26)4-27-15-13-16(29-6-28-15)31(7-30-13)17-14(32)18(33,34)12(41-17)5-40-43(38,39)8-42(35,36)37/h1-3,6-7,12,14,17,32-34H,4-5,8H2,(H,38,39)(H,27,28,29)(H2,35,36,37)/t12-,14+,17-/m1/s1. The largest absolute Gasteiger partial charge is 0.416 e. The van der Waals surface area contributed by atoms with Crippen LogP contribution in [0.15, 0.2) is 30.9 Å². The topological polar surface area (TPSA) is 230 Å². The highest BCUT2D eigenvalue weighted by Crippen LogP contribution is 2.55. The van der Waals surface area contributed by atoms with E-state index in [0.717, 1.165) is 17.2 Å². The lowest BCUT2D eigenvalue weighted by atomic mass is 10.0. The zero-order valence-corrected chi connectivity index (χ0v) is 22.8. The molecule has 3 heterocycles. The minimum Gasteiger partial charge on any atom is -0.383 e. The van der Waals surface area contributed by atoms with Gasteiger partial charge in [-0.1, -0.05) is 0 Å². The zero-order chi connectivity index (χ0) is 32.2. The first-order chi connectivity index (χ1) is 19.6. The molecule has 1 fully saturated rings. The second-order valence-corrected chi connectivity index (χ2v) is 13.3. The third-order valence-corrected chi connectivity index (χ3v) is 9.47. The lowest BCUT2D eigenvalue weighted by molar-refractivity contribution is -0.234. The Labute approximate surface area is 235 Å². The number of alkyl halides is 6. The molecule has 0 saturated carbocycles. The highest BCUT2D eigenvalue weighted by atomic mass is 31.2. The number of benzene rings is 1. The molecular weight excluding hydrogens is 646 g/mol. The number of fused-ring (bicyclic) bond motifs is 1. The highest BCUT2D eigenvalue weighted by molar-refractivity contribution is 7.70. The van der Waals surface area contributed by atoms with Crippen LogP contribution >= 0.6 is 15.2 Å². The van der Waals surface area contributed by atoms with Crippen LogP contribution in [0.4, 0.5) is 32.2 Å². The summed E-state index contributed by atoms with van der Waals surface area (Å²) in [5.74, 6) is -4.91. The minimum absolute atomic E-state index is 0.0291. The molecule has 0 bridgehead atoms. The Kier molecular flexibility index (Phi) is 8.75. The predicted molar refractivity (Wildman–Crippen MR) is 129 cm³/mol. The Bertz CT molecular complexity index is 1560. The molecule has 43 heavy (non-hydrogen) atoms.